The lowest BCUT2D eigenvalue weighted by Gasteiger charge is -2.05. The zero-order chi connectivity index (χ0) is 15.7. The van der Waals surface area contributed by atoms with Crippen molar-refractivity contribution in [3.05, 3.63) is 70.4 Å². The summed E-state index contributed by atoms with van der Waals surface area (Å²) in [7, 11) is 0. The molecule has 1 heterocycles. The van der Waals surface area contributed by atoms with Gasteiger partial charge in [0.1, 0.15) is 5.69 Å². The summed E-state index contributed by atoms with van der Waals surface area (Å²) in [5.41, 5.74) is 6.16. The summed E-state index contributed by atoms with van der Waals surface area (Å²) in [5.74, 6) is -0.0630. The predicted octanol–water partition coefficient (Wildman–Crippen LogP) is 4.02. The van der Waals surface area contributed by atoms with Crippen LogP contribution in [-0.4, -0.2) is 10.9 Å². The first kappa shape index (κ1) is 14.4. The molecule has 112 valence electrons. The van der Waals surface area contributed by atoms with Gasteiger partial charge in [0.05, 0.1) is 0 Å². The van der Waals surface area contributed by atoms with Gasteiger partial charge >= 0.3 is 0 Å². The molecule has 0 saturated carbocycles. The zero-order valence-corrected chi connectivity index (χ0v) is 13.2. The molecule has 0 radical (unpaired) electrons. The summed E-state index contributed by atoms with van der Waals surface area (Å²) < 4.78 is 0. The molecule has 3 rings (SSSR count). The van der Waals surface area contributed by atoms with Crippen LogP contribution in [0, 0.1) is 20.8 Å². The lowest BCUT2D eigenvalue weighted by molar-refractivity contribution is 0.0946. The second-order valence-electron chi connectivity index (χ2n) is 5.84. The normalized spacial score (nSPS) is 10.9. The van der Waals surface area contributed by atoms with Crippen molar-refractivity contribution in [1.82, 2.24) is 10.3 Å². The minimum Gasteiger partial charge on any atom is -0.350 e. The largest absolute Gasteiger partial charge is 0.350 e. The van der Waals surface area contributed by atoms with Gasteiger partial charge in [-0.25, -0.2) is 0 Å². The standard InChI is InChI=1S/C19H20N2O/c1-12-4-7-15(8-5-12)11-20-19(22)18-14(3)16-9-6-13(2)10-17(16)21-18/h4-10,21H,11H2,1-3H3,(H,20,22). The van der Waals surface area contributed by atoms with E-state index < -0.39 is 0 Å². The molecule has 1 amide bonds. The van der Waals surface area contributed by atoms with Gasteiger partial charge in [0.15, 0.2) is 0 Å². The van der Waals surface area contributed by atoms with Crippen molar-refractivity contribution in [2.75, 3.05) is 0 Å². The molecule has 2 aromatic carbocycles. The van der Waals surface area contributed by atoms with E-state index in [0.29, 0.717) is 12.2 Å². The van der Waals surface area contributed by atoms with E-state index in [2.05, 4.69) is 47.6 Å². The van der Waals surface area contributed by atoms with Gasteiger partial charge in [-0.15, -0.1) is 0 Å². The van der Waals surface area contributed by atoms with Gasteiger partial charge in [-0.1, -0.05) is 42.0 Å². The number of hydrogen-bond donors (Lipinski definition) is 2. The smallest absolute Gasteiger partial charge is 0.268 e. The molecule has 0 aliphatic carbocycles. The molecule has 0 saturated heterocycles. The Morgan fingerprint density at radius 3 is 2.41 bits per heavy atom. The van der Waals surface area contributed by atoms with Gasteiger partial charge in [-0.2, -0.15) is 0 Å². The molecule has 1 aromatic heterocycles. The molecule has 0 atom stereocenters. The van der Waals surface area contributed by atoms with Crippen LogP contribution >= 0.6 is 0 Å². The molecule has 22 heavy (non-hydrogen) atoms. The number of carbonyl (C=O) groups excluding carboxylic acids is 1. The Hall–Kier alpha value is -2.55. The third-order valence-corrected chi connectivity index (χ3v) is 4.01. The summed E-state index contributed by atoms with van der Waals surface area (Å²) >= 11 is 0. The number of aromatic amines is 1. The molecule has 0 aliphatic heterocycles. The van der Waals surface area contributed by atoms with Crippen molar-refractivity contribution in [3.8, 4) is 0 Å². The average Bonchev–Trinajstić information content (AvgIpc) is 2.83. The Morgan fingerprint density at radius 1 is 1.00 bits per heavy atom. The Kier molecular flexibility index (Phi) is 3.72. The van der Waals surface area contributed by atoms with Gasteiger partial charge in [-0.05, 0) is 43.5 Å². The van der Waals surface area contributed by atoms with E-state index in [1.165, 1.54) is 11.1 Å². The van der Waals surface area contributed by atoms with Crippen LogP contribution in [0.2, 0.25) is 0 Å². The summed E-state index contributed by atoms with van der Waals surface area (Å²) in [4.78, 5) is 15.7. The SMILES string of the molecule is Cc1ccc(CNC(=O)c2[nH]c3cc(C)ccc3c2C)cc1. The van der Waals surface area contributed by atoms with E-state index in [-0.39, 0.29) is 5.91 Å². The molecule has 3 nitrogen and oxygen atoms in total. The first-order valence-corrected chi connectivity index (χ1v) is 7.47. The third-order valence-electron chi connectivity index (χ3n) is 4.01. The summed E-state index contributed by atoms with van der Waals surface area (Å²) in [6.45, 7) is 6.62. The predicted molar refractivity (Wildman–Crippen MR) is 90.1 cm³/mol. The summed E-state index contributed by atoms with van der Waals surface area (Å²) in [5, 5.41) is 4.08. The number of amides is 1. The second-order valence-corrected chi connectivity index (χ2v) is 5.84. The van der Waals surface area contributed by atoms with Crippen LogP contribution in [0.15, 0.2) is 42.5 Å². The molecule has 3 heteroatoms. The zero-order valence-electron chi connectivity index (χ0n) is 13.2. The van der Waals surface area contributed by atoms with Gasteiger partial charge in [-0.3, -0.25) is 4.79 Å². The molecule has 2 N–H and O–H groups in total. The van der Waals surface area contributed by atoms with E-state index in [4.69, 9.17) is 0 Å². The van der Waals surface area contributed by atoms with Crippen LogP contribution in [0.1, 0.15) is 32.7 Å². The van der Waals surface area contributed by atoms with E-state index in [9.17, 15) is 4.79 Å². The van der Waals surface area contributed by atoms with Crippen LogP contribution < -0.4 is 5.32 Å². The van der Waals surface area contributed by atoms with E-state index in [1.807, 2.05) is 26.0 Å². The van der Waals surface area contributed by atoms with Crippen molar-refractivity contribution < 1.29 is 4.79 Å². The maximum Gasteiger partial charge on any atom is 0.268 e. The number of benzene rings is 2. The lowest BCUT2D eigenvalue weighted by Crippen LogP contribution is -2.23. The van der Waals surface area contributed by atoms with Crippen LogP contribution in [0.5, 0.6) is 0 Å². The van der Waals surface area contributed by atoms with E-state index >= 15 is 0 Å². The first-order valence-electron chi connectivity index (χ1n) is 7.47. The van der Waals surface area contributed by atoms with Crippen molar-refractivity contribution in [2.24, 2.45) is 0 Å². The van der Waals surface area contributed by atoms with Gasteiger partial charge in [0.2, 0.25) is 0 Å². The van der Waals surface area contributed by atoms with Crippen LogP contribution in [0.25, 0.3) is 10.9 Å². The third kappa shape index (κ3) is 2.75. The summed E-state index contributed by atoms with van der Waals surface area (Å²) in [6, 6.07) is 14.4. The number of H-pyrrole nitrogens is 1. The number of aromatic nitrogens is 1. The number of hydrogen-bond acceptors (Lipinski definition) is 1. The van der Waals surface area contributed by atoms with Crippen LogP contribution in [-0.2, 0) is 6.54 Å². The number of carbonyl (C=O) groups is 1. The molecule has 0 fully saturated rings. The number of rotatable bonds is 3. The van der Waals surface area contributed by atoms with Crippen molar-refractivity contribution in [3.63, 3.8) is 0 Å². The molecule has 0 spiro atoms. The minimum absolute atomic E-state index is 0.0630. The maximum atomic E-state index is 12.4. The van der Waals surface area contributed by atoms with Crippen LogP contribution in [0.4, 0.5) is 0 Å². The maximum absolute atomic E-state index is 12.4. The highest BCUT2D eigenvalue weighted by Gasteiger charge is 2.14. The highest BCUT2D eigenvalue weighted by atomic mass is 16.1. The topological polar surface area (TPSA) is 44.9 Å². The Morgan fingerprint density at radius 2 is 1.68 bits per heavy atom. The van der Waals surface area contributed by atoms with Gasteiger partial charge < -0.3 is 10.3 Å². The number of fused-ring (bicyclic) bond motifs is 1. The monoisotopic (exact) mass is 292 g/mol. The lowest BCUT2D eigenvalue weighted by atomic mass is 10.1. The van der Waals surface area contributed by atoms with Crippen molar-refractivity contribution in [1.29, 1.82) is 0 Å². The highest BCUT2D eigenvalue weighted by molar-refractivity contribution is 6.00. The van der Waals surface area contributed by atoms with Gasteiger partial charge in [0.25, 0.3) is 5.91 Å². The fourth-order valence-electron chi connectivity index (χ4n) is 2.66. The van der Waals surface area contributed by atoms with Crippen molar-refractivity contribution in [2.45, 2.75) is 27.3 Å². The minimum atomic E-state index is -0.0630. The molecule has 0 unspecified atom stereocenters. The van der Waals surface area contributed by atoms with Crippen LogP contribution in [0.3, 0.4) is 0 Å². The van der Waals surface area contributed by atoms with E-state index in [0.717, 1.165) is 22.0 Å². The molecular formula is C19H20N2O. The number of nitrogens with one attached hydrogen (secondary N) is 2. The fraction of sp³-hybridized carbons (Fsp3) is 0.211. The number of aryl methyl sites for hydroxylation is 3. The summed E-state index contributed by atoms with van der Waals surface area (Å²) in [6.07, 6.45) is 0. The van der Waals surface area contributed by atoms with Crippen molar-refractivity contribution >= 4 is 16.8 Å². The quantitative estimate of drug-likeness (QED) is 0.752. The van der Waals surface area contributed by atoms with E-state index in [1.54, 1.807) is 0 Å². The Balaban J connectivity index is 1.80. The van der Waals surface area contributed by atoms with Gasteiger partial charge in [0, 0.05) is 17.4 Å². The molecular weight excluding hydrogens is 272 g/mol. The molecule has 0 bridgehead atoms. The molecule has 0 aliphatic rings. The molecule has 3 aromatic rings. The first-order chi connectivity index (χ1) is 10.5. The fourth-order valence-corrected chi connectivity index (χ4v) is 2.66. The Bertz CT molecular complexity index is 829. The highest BCUT2D eigenvalue weighted by Crippen LogP contribution is 2.22. The Labute approximate surface area is 130 Å². The average molecular weight is 292 g/mol. The second kappa shape index (κ2) is 5.68.